The molecule has 2 saturated heterocycles. The monoisotopic (exact) mass is 284 g/mol. The third-order valence-electron chi connectivity index (χ3n) is 4.10. The zero-order valence-corrected chi connectivity index (χ0v) is 12.6. The molecule has 0 unspecified atom stereocenters. The highest BCUT2D eigenvalue weighted by Crippen LogP contribution is 2.02. The van der Waals surface area contributed by atoms with Gasteiger partial charge in [-0.2, -0.15) is 0 Å². The molecule has 2 aliphatic heterocycles. The van der Waals surface area contributed by atoms with E-state index in [0.717, 1.165) is 72.1 Å². The molecule has 0 atom stereocenters. The van der Waals surface area contributed by atoms with E-state index in [1.807, 2.05) is 0 Å². The molecular weight excluding hydrogens is 256 g/mol. The zero-order chi connectivity index (χ0) is 14.2. The van der Waals surface area contributed by atoms with E-state index < -0.39 is 0 Å². The molecule has 6 nitrogen and oxygen atoms in total. The van der Waals surface area contributed by atoms with Gasteiger partial charge in [0.05, 0.1) is 13.2 Å². The Hall–Kier alpha value is -0.690. The van der Waals surface area contributed by atoms with Crippen LogP contribution in [0.25, 0.3) is 0 Å². The lowest BCUT2D eigenvalue weighted by atomic mass is 10.3. The minimum absolute atomic E-state index is 0.0640. The summed E-state index contributed by atoms with van der Waals surface area (Å²) >= 11 is 0. The number of ether oxygens (including phenoxy) is 1. The van der Waals surface area contributed by atoms with Crippen molar-refractivity contribution in [3.8, 4) is 0 Å². The Morgan fingerprint density at radius 1 is 0.900 bits per heavy atom. The van der Waals surface area contributed by atoms with Gasteiger partial charge in [0.1, 0.15) is 0 Å². The van der Waals surface area contributed by atoms with Crippen molar-refractivity contribution in [1.82, 2.24) is 20.0 Å². The van der Waals surface area contributed by atoms with Crippen molar-refractivity contribution in [1.29, 1.82) is 0 Å². The Kier molecular flexibility index (Phi) is 6.72. The Morgan fingerprint density at radius 2 is 1.40 bits per heavy atom. The van der Waals surface area contributed by atoms with Gasteiger partial charge in [-0.25, -0.2) is 0 Å². The van der Waals surface area contributed by atoms with Crippen LogP contribution in [0.3, 0.4) is 0 Å². The van der Waals surface area contributed by atoms with Gasteiger partial charge in [-0.05, 0) is 0 Å². The van der Waals surface area contributed by atoms with Crippen molar-refractivity contribution in [2.75, 3.05) is 78.7 Å². The fraction of sp³-hybridized carbons (Fsp3) is 0.929. The number of nitrogens with one attached hydrogen (secondary N) is 1. The highest BCUT2D eigenvalue weighted by Gasteiger charge is 2.17. The van der Waals surface area contributed by atoms with Crippen molar-refractivity contribution >= 4 is 5.91 Å². The number of piperazine rings is 1. The smallest absolute Gasteiger partial charge is 0.216 e. The molecule has 20 heavy (non-hydrogen) atoms. The number of morpholine rings is 1. The molecule has 2 heterocycles. The molecule has 1 N–H and O–H groups in total. The van der Waals surface area contributed by atoms with E-state index in [1.165, 1.54) is 6.54 Å². The minimum atomic E-state index is 0.0640. The van der Waals surface area contributed by atoms with Gasteiger partial charge in [0, 0.05) is 72.4 Å². The molecule has 2 aliphatic rings. The standard InChI is InChI=1S/C14H28N4O2/c1-14(19)15-2-3-16-4-6-17(7-5-16)8-9-18-10-12-20-13-11-18/h2-13H2,1H3,(H,15,19). The van der Waals surface area contributed by atoms with Gasteiger partial charge < -0.3 is 10.1 Å². The fourth-order valence-electron chi connectivity index (χ4n) is 2.73. The number of rotatable bonds is 6. The quantitative estimate of drug-likeness (QED) is 0.683. The van der Waals surface area contributed by atoms with Crippen LogP contribution < -0.4 is 5.32 Å². The first kappa shape index (κ1) is 15.7. The van der Waals surface area contributed by atoms with E-state index in [0.29, 0.717) is 0 Å². The van der Waals surface area contributed by atoms with Gasteiger partial charge in [0.2, 0.25) is 5.91 Å². The summed E-state index contributed by atoms with van der Waals surface area (Å²) in [4.78, 5) is 18.3. The first-order chi connectivity index (χ1) is 9.74. The summed E-state index contributed by atoms with van der Waals surface area (Å²) in [6.45, 7) is 14.1. The molecule has 116 valence electrons. The molecular formula is C14H28N4O2. The van der Waals surface area contributed by atoms with Crippen LogP contribution in [-0.2, 0) is 9.53 Å². The second-order valence-electron chi connectivity index (χ2n) is 5.62. The largest absolute Gasteiger partial charge is 0.379 e. The maximum Gasteiger partial charge on any atom is 0.216 e. The Bertz CT molecular complexity index is 287. The fourth-order valence-corrected chi connectivity index (χ4v) is 2.73. The highest BCUT2D eigenvalue weighted by atomic mass is 16.5. The molecule has 0 aromatic heterocycles. The van der Waals surface area contributed by atoms with Crippen molar-refractivity contribution in [3.05, 3.63) is 0 Å². The SMILES string of the molecule is CC(=O)NCCN1CCN(CCN2CCOCC2)CC1. The second-order valence-corrected chi connectivity index (χ2v) is 5.62. The number of carbonyl (C=O) groups excluding carboxylic acids is 1. The van der Waals surface area contributed by atoms with Crippen molar-refractivity contribution in [2.24, 2.45) is 0 Å². The molecule has 6 heteroatoms. The van der Waals surface area contributed by atoms with Crippen molar-refractivity contribution in [2.45, 2.75) is 6.92 Å². The van der Waals surface area contributed by atoms with Crippen LogP contribution in [0.1, 0.15) is 6.92 Å². The van der Waals surface area contributed by atoms with E-state index in [4.69, 9.17) is 4.74 Å². The predicted molar refractivity (Wildman–Crippen MR) is 78.8 cm³/mol. The van der Waals surface area contributed by atoms with E-state index in [-0.39, 0.29) is 5.91 Å². The summed E-state index contributed by atoms with van der Waals surface area (Å²) in [5, 5.41) is 2.86. The number of hydrogen-bond acceptors (Lipinski definition) is 5. The summed E-state index contributed by atoms with van der Waals surface area (Å²) in [7, 11) is 0. The van der Waals surface area contributed by atoms with Crippen LogP contribution in [0.4, 0.5) is 0 Å². The van der Waals surface area contributed by atoms with Gasteiger partial charge in [0.25, 0.3) is 0 Å². The molecule has 2 fully saturated rings. The maximum absolute atomic E-state index is 10.8. The lowest BCUT2D eigenvalue weighted by Crippen LogP contribution is -2.50. The summed E-state index contributed by atoms with van der Waals surface area (Å²) in [6, 6.07) is 0. The number of hydrogen-bond donors (Lipinski definition) is 1. The van der Waals surface area contributed by atoms with Gasteiger partial charge in [0.15, 0.2) is 0 Å². The summed E-state index contributed by atoms with van der Waals surface area (Å²) < 4.78 is 5.37. The van der Waals surface area contributed by atoms with Crippen molar-refractivity contribution in [3.63, 3.8) is 0 Å². The summed E-state index contributed by atoms with van der Waals surface area (Å²) in [5.41, 5.74) is 0. The van der Waals surface area contributed by atoms with Gasteiger partial charge in [-0.15, -0.1) is 0 Å². The summed E-state index contributed by atoms with van der Waals surface area (Å²) in [6.07, 6.45) is 0. The summed E-state index contributed by atoms with van der Waals surface area (Å²) in [5.74, 6) is 0.0640. The lowest BCUT2D eigenvalue weighted by Gasteiger charge is -2.36. The van der Waals surface area contributed by atoms with Crippen molar-refractivity contribution < 1.29 is 9.53 Å². The Morgan fingerprint density at radius 3 is 1.95 bits per heavy atom. The molecule has 0 aromatic rings. The first-order valence-electron chi connectivity index (χ1n) is 7.73. The third-order valence-corrected chi connectivity index (χ3v) is 4.10. The van der Waals surface area contributed by atoms with Gasteiger partial charge in [-0.1, -0.05) is 0 Å². The van der Waals surface area contributed by atoms with Crippen LogP contribution in [0.15, 0.2) is 0 Å². The number of carbonyl (C=O) groups is 1. The molecule has 2 rings (SSSR count). The number of nitrogens with zero attached hydrogens (tertiary/aromatic N) is 3. The lowest BCUT2D eigenvalue weighted by molar-refractivity contribution is -0.119. The Balaban J connectivity index is 1.53. The van der Waals surface area contributed by atoms with Crippen LogP contribution in [-0.4, -0.2) is 99.3 Å². The molecule has 0 aromatic carbocycles. The van der Waals surface area contributed by atoms with E-state index in [1.54, 1.807) is 6.92 Å². The predicted octanol–water partition coefficient (Wildman–Crippen LogP) is -0.928. The van der Waals surface area contributed by atoms with E-state index in [2.05, 4.69) is 20.0 Å². The van der Waals surface area contributed by atoms with Gasteiger partial charge >= 0.3 is 0 Å². The highest BCUT2D eigenvalue weighted by molar-refractivity contribution is 5.72. The average Bonchev–Trinajstić information content (AvgIpc) is 2.47. The first-order valence-corrected chi connectivity index (χ1v) is 7.73. The molecule has 0 radical (unpaired) electrons. The van der Waals surface area contributed by atoms with E-state index in [9.17, 15) is 4.79 Å². The van der Waals surface area contributed by atoms with Gasteiger partial charge in [-0.3, -0.25) is 19.5 Å². The molecule has 0 aliphatic carbocycles. The van der Waals surface area contributed by atoms with Crippen LogP contribution in [0.2, 0.25) is 0 Å². The normalized spacial score (nSPS) is 22.9. The van der Waals surface area contributed by atoms with E-state index >= 15 is 0 Å². The third kappa shape index (κ3) is 5.75. The average molecular weight is 284 g/mol. The zero-order valence-electron chi connectivity index (χ0n) is 12.6. The van der Waals surface area contributed by atoms with Crippen LogP contribution >= 0.6 is 0 Å². The molecule has 0 saturated carbocycles. The second kappa shape index (κ2) is 8.56. The minimum Gasteiger partial charge on any atom is -0.379 e. The van der Waals surface area contributed by atoms with Crippen LogP contribution in [0, 0.1) is 0 Å². The molecule has 0 spiro atoms. The molecule has 1 amide bonds. The molecule has 0 bridgehead atoms. The Labute approximate surface area is 122 Å². The van der Waals surface area contributed by atoms with Crippen LogP contribution in [0.5, 0.6) is 0 Å². The number of amides is 1. The topological polar surface area (TPSA) is 48.1 Å². The maximum atomic E-state index is 10.8.